The zero-order valence-electron chi connectivity index (χ0n) is 19.1. The Kier molecular flexibility index (Phi) is 6.92. The highest BCUT2D eigenvalue weighted by Gasteiger charge is 2.46. The summed E-state index contributed by atoms with van der Waals surface area (Å²) in [5.74, 6) is -0.453. The van der Waals surface area contributed by atoms with E-state index in [4.69, 9.17) is 9.47 Å². The maximum absolute atomic E-state index is 13.2. The summed E-state index contributed by atoms with van der Waals surface area (Å²) in [4.78, 5) is 32.1. The van der Waals surface area contributed by atoms with Crippen LogP contribution in [0.2, 0.25) is 0 Å². The monoisotopic (exact) mass is 458 g/mol. The Morgan fingerprint density at radius 2 is 1.82 bits per heavy atom. The first-order chi connectivity index (χ1) is 16.5. The quantitative estimate of drug-likeness (QED) is 0.304. The number of carbonyl (C=O) groups is 2. The van der Waals surface area contributed by atoms with E-state index in [1.165, 1.54) is 4.90 Å². The second-order valence-electron chi connectivity index (χ2n) is 7.90. The van der Waals surface area contributed by atoms with Crippen molar-refractivity contribution in [1.29, 1.82) is 0 Å². The number of aliphatic hydroxyl groups excluding tert-OH is 1. The molecule has 34 heavy (non-hydrogen) atoms. The Bertz CT molecular complexity index is 1210. The number of hydrogen-bond acceptors (Lipinski definition) is 6. The molecule has 1 aromatic heterocycles. The summed E-state index contributed by atoms with van der Waals surface area (Å²) in [5.41, 5.74) is 1.75. The molecule has 4 rings (SSSR count). The Morgan fingerprint density at radius 3 is 2.50 bits per heavy atom. The molecule has 0 aliphatic carbocycles. The number of rotatable bonds is 8. The fraction of sp³-hybridized carbons (Fsp3) is 0.222. The van der Waals surface area contributed by atoms with Crippen LogP contribution in [-0.4, -0.2) is 40.4 Å². The summed E-state index contributed by atoms with van der Waals surface area (Å²) in [6, 6.07) is 18.6. The number of Topliss-reactive ketones (excluding diaryl/α,β-unsaturated/α-hetero) is 1. The number of benzene rings is 2. The molecule has 1 aliphatic heterocycles. The normalized spacial score (nSPS) is 17.1. The van der Waals surface area contributed by atoms with E-state index < -0.39 is 17.7 Å². The van der Waals surface area contributed by atoms with E-state index in [2.05, 4.69) is 4.98 Å². The van der Waals surface area contributed by atoms with Crippen molar-refractivity contribution in [3.8, 4) is 11.5 Å². The molecule has 3 aromatic rings. The van der Waals surface area contributed by atoms with E-state index in [-0.39, 0.29) is 17.9 Å². The molecule has 0 spiro atoms. The molecular weight excluding hydrogens is 432 g/mol. The first-order valence-corrected chi connectivity index (χ1v) is 11.1. The number of ether oxygens (including phenoxy) is 2. The SMILES string of the molecule is CCCOc1cccc(/C(O)=C2/C(=O)C(=O)N(Cc3ccccn3)C2c2ccc(OC)cc2)c1. The smallest absolute Gasteiger partial charge is 0.296 e. The van der Waals surface area contributed by atoms with Gasteiger partial charge in [0.2, 0.25) is 0 Å². The Morgan fingerprint density at radius 1 is 1.03 bits per heavy atom. The molecule has 7 heteroatoms. The van der Waals surface area contributed by atoms with Gasteiger partial charge in [0.25, 0.3) is 11.7 Å². The number of amides is 1. The Hall–Kier alpha value is -4.13. The number of carbonyl (C=O) groups excluding carboxylic acids is 2. The predicted octanol–water partition coefficient (Wildman–Crippen LogP) is 4.50. The number of nitrogens with zero attached hydrogens (tertiary/aromatic N) is 2. The van der Waals surface area contributed by atoms with Gasteiger partial charge in [-0.1, -0.05) is 37.3 Å². The molecule has 2 aromatic carbocycles. The van der Waals surface area contributed by atoms with Crippen molar-refractivity contribution in [3.63, 3.8) is 0 Å². The van der Waals surface area contributed by atoms with Gasteiger partial charge >= 0.3 is 0 Å². The summed E-state index contributed by atoms with van der Waals surface area (Å²) in [6.45, 7) is 2.66. The minimum Gasteiger partial charge on any atom is -0.507 e. The van der Waals surface area contributed by atoms with Gasteiger partial charge in [0, 0.05) is 11.8 Å². The molecule has 1 aliphatic rings. The first kappa shape index (κ1) is 23.0. The number of ketones is 1. The van der Waals surface area contributed by atoms with Gasteiger partial charge in [-0.05, 0) is 48.4 Å². The maximum atomic E-state index is 13.2. The van der Waals surface area contributed by atoms with Crippen LogP contribution in [0.15, 0.2) is 78.5 Å². The summed E-state index contributed by atoms with van der Waals surface area (Å²) in [6.07, 6.45) is 2.47. The van der Waals surface area contributed by atoms with E-state index in [1.54, 1.807) is 74.0 Å². The molecular formula is C27H26N2O5. The molecule has 1 unspecified atom stereocenters. The lowest BCUT2D eigenvalue weighted by Gasteiger charge is -2.25. The highest BCUT2D eigenvalue weighted by molar-refractivity contribution is 6.46. The standard InChI is InChI=1S/C27H26N2O5/c1-3-15-34-22-9-6-7-19(16-22)25(30)23-24(18-10-12-21(33-2)13-11-18)29(27(32)26(23)31)17-20-8-4-5-14-28-20/h4-14,16,24,30H,3,15,17H2,1-2H3/b25-23-. The number of aromatic nitrogens is 1. The summed E-state index contributed by atoms with van der Waals surface area (Å²) in [5, 5.41) is 11.3. The van der Waals surface area contributed by atoms with Gasteiger partial charge in [-0.15, -0.1) is 0 Å². The third-order valence-electron chi connectivity index (χ3n) is 5.61. The zero-order valence-corrected chi connectivity index (χ0v) is 19.1. The summed E-state index contributed by atoms with van der Waals surface area (Å²) < 4.78 is 10.9. The van der Waals surface area contributed by atoms with E-state index in [0.717, 1.165) is 6.42 Å². The fourth-order valence-electron chi connectivity index (χ4n) is 3.95. The first-order valence-electron chi connectivity index (χ1n) is 11.1. The number of pyridine rings is 1. The molecule has 2 heterocycles. The van der Waals surface area contributed by atoms with Gasteiger partial charge < -0.3 is 19.5 Å². The summed E-state index contributed by atoms with van der Waals surface area (Å²) in [7, 11) is 1.57. The van der Waals surface area contributed by atoms with Gasteiger partial charge in [0.15, 0.2) is 0 Å². The van der Waals surface area contributed by atoms with Gasteiger partial charge in [-0.2, -0.15) is 0 Å². The third-order valence-corrected chi connectivity index (χ3v) is 5.61. The van der Waals surface area contributed by atoms with Gasteiger partial charge in [-0.3, -0.25) is 14.6 Å². The van der Waals surface area contributed by atoms with Crippen molar-refractivity contribution in [2.45, 2.75) is 25.9 Å². The van der Waals surface area contributed by atoms with Crippen molar-refractivity contribution in [2.75, 3.05) is 13.7 Å². The molecule has 1 fully saturated rings. The lowest BCUT2D eigenvalue weighted by molar-refractivity contribution is -0.140. The van der Waals surface area contributed by atoms with E-state index in [0.29, 0.717) is 34.9 Å². The number of methoxy groups -OCH3 is 1. The van der Waals surface area contributed by atoms with Crippen molar-refractivity contribution < 1.29 is 24.2 Å². The van der Waals surface area contributed by atoms with Gasteiger partial charge in [0.1, 0.15) is 17.3 Å². The van der Waals surface area contributed by atoms with Crippen molar-refractivity contribution in [2.24, 2.45) is 0 Å². The van der Waals surface area contributed by atoms with Crippen molar-refractivity contribution >= 4 is 17.4 Å². The predicted molar refractivity (Wildman–Crippen MR) is 127 cm³/mol. The molecule has 1 saturated heterocycles. The second-order valence-corrected chi connectivity index (χ2v) is 7.90. The fourth-order valence-corrected chi connectivity index (χ4v) is 3.95. The van der Waals surface area contributed by atoms with Crippen molar-refractivity contribution in [1.82, 2.24) is 9.88 Å². The average Bonchev–Trinajstić information content (AvgIpc) is 3.12. The van der Waals surface area contributed by atoms with Crippen LogP contribution in [0.3, 0.4) is 0 Å². The van der Waals surface area contributed by atoms with Crippen LogP contribution >= 0.6 is 0 Å². The minimum atomic E-state index is -0.784. The number of likely N-dealkylation sites (tertiary alicyclic amines) is 1. The third kappa shape index (κ3) is 4.64. The Balaban J connectivity index is 1.81. The second kappa shape index (κ2) is 10.2. The molecule has 0 bridgehead atoms. The molecule has 0 saturated carbocycles. The lowest BCUT2D eigenvalue weighted by Crippen LogP contribution is -2.29. The molecule has 174 valence electrons. The number of aliphatic hydroxyl groups is 1. The molecule has 0 radical (unpaired) electrons. The largest absolute Gasteiger partial charge is 0.507 e. The van der Waals surface area contributed by atoms with Crippen LogP contribution in [0.5, 0.6) is 11.5 Å². The maximum Gasteiger partial charge on any atom is 0.296 e. The molecule has 7 nitrogen and oxygen atoms in total. The average molecular weight is 459 g/mol. The van der Waals surface area contributed by atoms with Crippen LogP contribution in [0, 0.1) is 0 Å². The van der Waals surface area contributed by atoms with E-state index >= 15 is 0 Å². The topological polar surface area (TPSA) is 89.0 Å². The number of hydrogen-bond donors (Lipinski definition) is 1. The van der Waals surface area contributed by atoms with Crippen molar-refractivity contribution in [3.05, 3.63) is 95.3 Å². The highest BCUT2D eigenvalue weighted by atomic mass is 16.5. The molecule has 1 amide bonds. The van der Waals surface area contributed by atoms with Crippen LogP contribution in [0.25, 0.3) is 5.76 Å². The Labute approximate surface area is 198 Å². The van der Waals surface area contributed by atoms with E-state index in [9.17, 15) is 14.7 Å². The summed E-state index contributed by atoms with van der Waals surface area (Å²) >= 11 is 0. The minimum absolute atomic E-state index is 0.0266. The van der Waals surface area contributed by atoms with Gasteiger partial charge in [0.05, 0.1) is 37.6 Å². The highest BCUT2D eigenvalue weighted by Crippen LogP contribution is 2.40. The zero-order chi connectivity index (χ0) is 24.1. The molecule has 1 N–H and O–H groups in total. The van der Waals surface area contributed by atoms with Crippen LogP contribution in [0.1, 0.15) is 36.2 Å². The van der Waals surface area contributed by atoms with Crippen LogP contribution < -0.4 is 9.47 Å². The lowest BCUT2D eigenvalue weighted by atomic mass is 9.95. The van der Waals surface area contributed by atoms with Gasteiger partial charge in [-0.25, -0.2) is 0 Å². The van der Waals surface area contributed by atoms with Crippen LogP contribution in [0.4, 0.5) is 0 Å². The molecule has 1 atom stereocenters. The van der Waals surface area contributed by atoms with E-state index in [1.807, 2.05) is 13.0 Å². The van der Waals surface area contributed by atoms with Crippen LogP contribution in [-0.2, 0) is 16.1 Å².